The Kier molecular flexibility index (Phi) is 2.64. The first-order valence-corrected chi connectivity index (χ1v) is 8.06. The van der Waals surface area contributed by atoms with Crippen LogP contribution in [0, 0.1) is 0 Å². The van der Waals surface area contributed by atoms with Crippen molar-refractivity contribution in [2.24, 2.45) is 0 Å². The fourth-order valence-electron chi connectivity index (χ4n) is 2.94. The predicted octanol–water partition coefficient (Wildman–Crippen LogP) is 6.16. The Morgan fingerprint density at radius 2 is 1.61 bits per heavy atom. The molecule has 0 unspecified atom stereocenters. The number of halogens is 1. The molecule has 0 spiro atoms. The van der Waals surface area contributed by atoms with E-state index in [0.717, 1.165) is 43.1 Å². The molecule has 0 aliphatic heterocycles. The Labute approximate surface area is 139 Å². The van der Waals surface area contributed by atoms with E-state index in [1.807, 2.05) is 60.7 Å². The minimum Gasteiger partial charge on any atom is -0.455 e. The Morgan fingerprint density at radius 3 is 2.48 bits per heavy atom. The monoisotopic (exact) mass is 363 g/mol. The van der Waals surface area contributed by atoms with Crippen LogP contribution in [-0.2, 0) is 0 Å². The van der Waals surface area contributed by atoms with Gasteiger partial charge in [0, 0.05) is 10.9 Å². The van der Waals surface area contributed by atoms with Crippen LogP contribution in [-0.4, -0.2) is 4.98 Å². The first-order chi connectivity index (χ1) is 11.3. The molecule has 2 heterocycles. The number of nitrogens with zero attached hydrogens (tertiary/aromatic N) is 1. The molecule has 5 rings (SSSR count). The number of para-hydroxylation sites is 1. The molecule has 110 valence electrons. The minimum absolute atomic E-state index is 0.616. The lowest BCUT2D eigenvalue weighted by atomic mass is 10.1. The summed E-state index contributed by atoms with van der Waals surface area (Å²) in [6.45, 7) is 0. The maximum Gasteiger partial charge on any atom is 0.227 e. The standard InChI is InChI=1S/C19H10BrNO2/c20-13-10-14-18(23-19(21-14)11-6-2-1-3-7-11)16-12-8-4-5-9-15(12)22-17(13)16/h1-10H. The molecule has 0 bridgehead atoms. The van der Waals surface area contributed by atoms with Crippen LogP contribution in [0.4, 0.5) is 0 Å². The zero-order chi connectivity index (χ0) is 15.4. The molecule has 5 aromatic rings. The number of aromatic nitrogens is 1. The van der Waals surface area contributed by atoms with Crippen LogP contribution in [0.5, 0.6) is 0 Å². The van der Waals surface area contributed by atoms with Crippen molar-refractivity contribution in [1.29, 1.82) is 0 Å². The van der Waals surface area contributed by atoms with E-state index in [1.165, 1.54) is 0 Å². The molecule has 0 saturated carbocycles. The molecule has 0 saturated heterocycles. The van der Waals surface area contributed by atoms with Gasteiger partial charge in [0.25, 0.3) is 0 Å². The fraction of sp³-hybridized carbons (Fsp3) is 0. The van der Waals surface area contributed by atoms with E-state index < -0.39 is 0 Å². The maximum atomic E-state index is 6.10. The molecular weight excluding hydrogens is 354 g/mol. The molecule has 0 aliphatic carbocycles. The summed E-state index contributed by atoms with van der Waals surface area (Å²) in [5, 5.41) is 1.99. The molecule has 0 aliphatic rings. The van der Waals surface area contributed by atoms with E-state index in [-0.39, 0.29) is 0 Å². The Morgan fingerprint density at radius 1 is 0.826 bits per heavy atom. The molecule has 0 radical (unpaired) electrons. The summed E-state index contributed by atoms with van der Waals surface area (Å²) < 4.78 is 12.9. The molecule has 0 amide bonds. The summed E-state index contributed by atoms with van der Waals surface area (Å²) in [6, 6.07) is 19.8. The number of rotatable bonds is 1. The van der Waals surface area contributed by atoms with Crippen LogP contribution in [0.3, 0.4) is 0 Å². The van der Waals surface area contributed by atoms with Gasteiger partial charge in [0.2, 0.25) is 5.89 Å². The van der Waals surface area contributed by atoms with Crippen molar-refractivity contribution >= 4 is 49.0 Å². The Bertz CT molecular complexity index is 1170. The zero-order valence-electron chi connectivity index (χ0n) is 11.9. The summed E-state index contributed by atoms with van der Waals surface area (Å²) in [7, 11) is 0. The smallest absolute Gasteiger partial charge is 0.227 e. The van der Waals surface area contributed by atoms with Crippen molar-refractivity contribution in [2.75, 3.05) is 0 Å². The van der Waals surface area contributed by atoms with Crippen LogP contribution in [0.25, 0.3) is 44.5 Å². The van der Waals surface area contributed by atoms with Gasteiger partial charge in [0.1, 0.15) is 11.1 Å². The van der Waals surface area contributed by atoms with E-state index in [4.69, 9.17) is 8.83 Å². The maximum absolute atomic E-state index is 6.10. The number of oxazole rings is 1. The quantitative estimate of drug-likeness (QED) is 0.358. The highest BCUT2D eigenvalue weighted by Crippen LogP contribution is 2.40. The molecular formula is C19H10BrNO2. The average molecular weight is 364 g/mol. The summed E-state index contributed by atoms with van der Waals surface area (Å²) in [4.78, 5) is 4.64. The zero-order valence-corrected chi connectivity index (χ0v) is 13.5. The summed E-state index contributed by atoms with van der Waals surface area (Å²) in [5.74, 6) is 0.616. The van der Waals surface area contributed by atoms with Gasteiger partial charge in [-0.05, 0) is 40.2 Å². The number of hydrogen-bond donors (Lipinski definition) is 0. The van der Waals surface area contributed by atoms with Crippen molar-refractivity contribution in [3.05, 3.63) is 65.1 Å². The van der Waals surface area contributed by atoms with Crippen LogP contribution in [0.15, 0.2) is 74.0 Å². The van der Waals surface area contributed by atoms with Crippen molar-refractivity contribution in [3.63, 3.8) is 0 Å². The molecule has 2 aromatic heterocycles. The van der Waals surface area contributed by atoms with E-state index in [0.29, 0.717) is 5.89 Å². The van der Waals surface area contributed by atoms with Crippen molar-refractivity contribution in [1.82, 2.24) is 4.98 Å². The van der Waals surface area contributed by atoms with Crippen molar-refractivity contribution in [3.8, 4) is 11.5 Å². The number of furan rings is 1. The van der Waals surface area contributed by atoms with Gasteiger partial charge in [-0.2, -0.15) is 0 Å². The van der Waals surface area contributed by atoms with E-state index >= 15 is 0 Å². The summed E-state index contributed by atoms with van der Waals surface area (Å²) in [5.41, 5.74) is 4.16. The molecule has 23 heavy (non-hydrogen) atoms. The first kappa shape index (κ1) is 12.9. The van der Waals surface area contributed by atoms with Gasteiger partial charge in [0.15, 0.2) is 11.2 Å². The van der Waals surface area contributed by atoms with Gasteiger partial charge in [-0.1, -0.05) is 36.4 Å². The second kappa shape index (κ2) is 4.70. The Balaban J connectivity index is 1.94. The lowest BCUT2D eigenvalue weighted by Gasteiger charge is -1.94. The molecule has 3 aromatic carbocycles. The summed E-state index contributed by atoms with van der Waals surface area (Å²) in [6.07, 6.45) is 0. The van der Waals surface area contributed by atoms with Gasteiger partial charge >= 0.3 is 0 Å². The highest BCUT2D eigenvalue weighted by atomic mass is 79.9. The van der Waals surface area contributed by atoms with Gasteiger partial charge in [-0.15, -0.1) is 0 Å². The van der Waals surface area contributed by atoms with Crippen LogP contribution in [0.2, 0.25) is 0 Å². The van der Waals surface area contributed by atoms with E-state index in [1.54, 1.807) is 0 Å². The lowest BCUT2D eigenvalue weighted by Crippen LogP contribution is -1.75. The largest absolute Gasteiger partial charge is 0.455 e. The molecule has 0 atom stereocenters. The van der Waals surface area contributed by atoms with Crippen LogP contribution in [0.1, 0.15) is 0 Å². The number of fused-ring (bicyclic) bond motifs is 5. The highest BCUT2D eigenvalue weighted by molar-refractivity contribution is 9.10. The molecule has 4 heteroatoms. The van der Waals surface area contributed by atoms with E-state index in [2.05, 4.69) is 20.9 Å². The van der Waals surface area contributed by atoms with Crippen molar-refractivity contribution < 1.29 is 8.83 Å². The second-order valence-electron chi connectivity index (χ2n) is 5.39. The average Bonchev–Trinajstić information content (AvgIpc) is 3.17. The fourth-order valence-corrected chi connectivity index (χ4v) is 3.43. The van der Waals surface area contributed by atoms with E-state index in [9.17, 15) is 0 Å². The third-order valence-electron chi connectivity index (χ3n) is 3.98. The third-order valence-corrected chi connectivity index (χ3v) is 4.57. The molecule has 3 nitrogen and oxygen atoms in total. The van der Waals surface area contributed by atoms with Crippen LogP contribution < -0.4 is 0 Å². The third kappa shape index (κ3) is 1.85. The Hall–Kier alpha value is -2.59. The topological polar surface area (TPSA) is 39.2 Å². The van der Waals surface area contributed by atoms with Gasteiger partial charge in [-0.3, -0.25) is 0 Å². The highest BCUT2D eigenvalue weighted by Gasteiger charge is 2.18. The predicted molar refractivity (Wildman–Crippen MR) is 94.4 cm³/mol. The second-order valence-corrected chi connectivity index (χ2v) is 6.25. The van der Waals surface area contributed by atoms with Gasteiger partial charge < -0.3 is 8.83 Å². The SMILES string of the molecule is Brc1cc2nc(-c3ccccc3)oc2c2c1oc1ccccc12. The van der Waals surface area contributed by atoms with Crippen LogP contribution >= 0.6 is 15.9 Å². The minimum atomic E-state index is 0.616. The summed E-state index contributed by atoms with van der Waals surface area (Å²) >= 11 is 3.59. The first-order valence-electron chi connectivity index (χ1n) is 7.27. The van der Waals surface area contributed by atoms with Gasteiger partial charge in [0.05, 0.1) is 9.86 Å². The lowest BCUT2D eigenvalue weighted by molar-refractivity contribution is 0.622. The van der Waals surface area contributed by atoms with Crippen molar-refractivity contribution in [2.45, 2.75) is 0 Å². The molecule has 0 N–H and O–H groups in total. The molecule has 0 fully saturated rings. The number of benzene rings is 3. The normalized spacial score (nSPS) is 11.7. The van der Waals surface area contributed by atoms with Gasteiger partial charge in [-0.25, -0.2) is 4.98 Å². The number of hydrogen-bond acceptors (Lipinski definition) is 3.